The first-order valence-corrected chi connectivity index (χ1v) is 7.98. The van der Waals surface area contributed by atoms with E-state index in [2.05, 4.69) is 25.0 Å². The zero-order valence-electron chi connectivity index (χ0n) is 11.9. The summed E-state index contributed by atoms with van der Waals surface area (Å²) in [6, 6.07) is 4.77. The number of nitrogens with one attached hydrogen (secondary N) is 2. The van der Waals surface area contributed by atoms with Crippen molar-refractivity contribution in [2.24, 2.45) is 0 Å². The van der Waals surface area contributed by atoms with Crippen LogP contribution in [0.4, 0.5) is 5.82 Å². The summed E-state index contributed by atoms with van der Waals surface area (Å²) in [6.07, 6.45) is 3.14. The monoisotopic (exact) mass is 307 g/mol. The van der Waals surface area contributed by atoms with E-state index in [4.69, 9.17) is 0 Å². The summed E-state index contributed by atoms with van der Waals surface area (Å²) < 4.78 is 27.2. The maximum absolute atomic E-state index is 12.4. The van der Waals surface area contributed by atoms with E-state index in [0.717, 1.165) is 0 Å². The van der Waals surface area contributed by atoms with Crippen LogP contribution in [0.2, 0.25) is 0 Å². The van der Waals surface area contributed by atoms with Crippen LogP contribution in [0.5, 0.6) is 0 Å². The first-order chi connectivity index (χ1) is 10.0. The Balaban J connectivity index is 2.19. The highest BCUT2D eigenvalue weighted by Crippen LogP contribution is 2.17. The van der Waals surface area contributed by atoms with Crippen LogP contribution < -0.4 is 10.0 Å². The minimum Gasteiger partial charge on any atom is -0.369 e. The van der Waals surface area contributed by atoms with Crippen molar-refractivity contribution in [1.82, 2.24) is 19.7 Å². The molecule has 0 bridgehead atoms. The molecule has 0 radical (unpaired) electrons. The van der Waals surface area contributed by atoms with Crippen LogP contribution in [0, 0.1) is 6.92 Å². The maximum Gasteiger partial charge on any atom is 0.244 e. The fourth-order valence-corrected chi connectivity index (χ4v) is 2.89. The number of pyridine rings is 1. The number of hydrogen-bond donors (Lipinski definition) is 2. The maximum atomic E-state index is 12.4. The minimum absolute atomic E-state index is 0.103. The summed E-state index contributed by atoms with van der Waals surface area (Å²) >= 11 is 0. The second-order valence-electron chi connectivity index (χ2n) is 4.30. The number of aromatic nitrogens is 3. The summed E-state index contributed by atoms with van der Waals surface area (Å²) in [5.74, 6) is 0.938. The van der Waals surface area contributed by atoms with Gasteiger partial charge in [-0.3, -0.25) is 0 Å². The van der Waals surface area contributed by atoms with E-state index >= 15 is 0 Å². The highest BCUT2D eigenvalue weighted by molar-refractivity contribution is 7.89. The molecular formula is C13H17N5O2S. The Morgan fingerprint density at radius 3 is 2.71 bits per heavy atom. The molecule has 0 aliphatic rings. The normalized spacial score (nSPS) is 11.3. The smallest absolute Gasteiger partial charge is 0.244 e. The van der Waals surface area contributed by atoms with Crippen molar-refractivity contribution in [1.29, 1.82) is 0 Å². The molecule has 2 heterocycles. The van der Waals surface area contributed by atoms with Crippen LogP contribution in [0.3, 0.4) is 0 Å². The van der Waals surface area contributed by atoms with Crippen LogP contribution >= 0.6 is 0 Å². The van der Waals surface area contributed by atoms with Crippen molar-refractivity contribution < 1.29 is 8.42 Å². The summed E-state index contributed by atoms with van der Waals surface area (Å²) in [6.45, 7) is 4.32. The molecule has 2 N–H and O–H groups in total. The SMILES string of the molecule is CCNc1ncccc1S(=O)(=O)NCc1ccnc(C)n1. The van der Waals surface area contributed by atoms with Gasteiger partial charge >= 0.3 is 0 Å². The Labute approximate surface area is 123 Å². The zero-order chi connectivity index (χ0) is 15.3. The standard InChI is InChI=1S/C13H17N5O2S/c1-3-14-13-12(5-4-7-16-13)21(19,20)17-9-11-6-8-15-10(2)18-11/h4-8,17H,3,9H2,1-2H3,(H,14,16). The Kier molecular flexibility index (Phi) is 4.81. The van der Waals surface area contributed by atoms with Gasteiger partial charge in [0.1, 0.15) is 16.5 Å². The first kappa shape index (κ1) is 15.3. The quantitative estimate of drug-likeness (QED) is 0.829. The molecular weight excluding hydrogens is 290 g/mol. The third kappa shape index (κ3) is 3.96. The molecule has 0 amide bonds. The summed E-state index contributed by atoms with van der Waals surface area (Å²) in [5, 5.41) is 2.93. The Morgan fingerprint density at radius 1 is 1.19 bits per heavy atom. The molecule has 8 heteroatoms. The molecule has 0 aliphatic heterocycles. The van der Waals surface area contributed by atoms with Crippen molar-refractivity contribution in [3.05, 3.63) is 42.1 Å². The zero-order valence-corrected chi connectivity index (χ0v) is 12.7. The van der Waals surface area contributed by atoms with Crippen LogP contribution in [-0.4, -0.2) is 29.9 Å². The molecule has 0 aliphatic carbocycles. The van der Waals surface area contributed by atoms with E-state index in [1.54, 1.807) is 31.5 Å². The fraction of sp³-hybridized carbons (Fsp3) is 0.308. The molecule has 2 rings (SSSR count). The van der Waals surface area contributed by atoms with Crippen LogP contribution in [0.15, 0.2) is 35.5 Å². The van der Waals surface area contributed by atoms with Crippen molar-refractivity contribution in [3.63, 3.8) is 0 Å². The molecule has 0 saturated heterocycles. The van der Waals surface area contributed by atoms with Gasteiger partial charge in [0.15, 0.2) is 0 Å². The highest BCUT2D eigenvalue weighted by atomic mass is 32.2. The average molecular weight is 307 g/mol. The van der Waals surface area contributed by atoms with Crippen LogP contribution in [-0.2, 0) is 16.6 Å². The number of anilines is 1. The predicted molar refractivity (Wildman–Crippen MR) is 79.2 cm³/mol. The van der Waals surface area contributed by atoms with Crippen molar-refractivity contribution in [3.8, 4) is 0 Å². The van der Waals surface area contributed by atoms with E-state index in [1.807, 2.05) is 6.92 Å². The van der Waals surface area contributed by atoms with E-state index in [-0.39, 0.29) is 11.4 Å². The average Bonchev–Trinajstić information content (AvgIpc) is 2.46. The molecule has 112 valence electrons. The lowest BCUT2D eigenvalue weighted by Gasteiger charge is -2.11. The lowest BCUT2D eigenvalue weighted by atomic mass is 10.4. The van der Waals surface area contributed by atoms with Crippen molar-refractivity contribution in [2.45, 2.75) is 25.3 Å². The lowest BCUT2D eigenvalue weighted by molar-refractivity contribution is 0.580. The first-order valence-electron chi connectivity index (χ1n) is 6.50. The number of nitrogens with zero attached hydrogens (tertiary/aromatic N) is 3. The highest BCUT2D eigenvalue weighted by Gasteiger charge is 2.18. The largest absolute Gasteiger partial charge is 0.369 e. The van der Waals surface area contributed by atoms with Gasteiger partial charge in [-0.2, -0.15) is 0 Å². The fourth-order valence-electron chi connectivity index (χ4n) is 1.76. The van der Waals surface area contributed by atoms with Gasteiger partial charge in [-0.25, -0.2) is 28.1 Å². The predicted octanol–water partition coefficient (Wildman–Crippen LogP) is 1.09. The summed E-state index contributed by atoms with van der Waals surface area (Å²) in [7, 11) is -3.66. The molecule has 0 unspecified atom stereocenters. The van der Waals surface area contributed by atoms with E-state index < -0.39 is 10.0 Å². The number of aryl methyl sites for hydroxylation is 1. The van der Waals surface area contributed by atoms with Crippen molar-refractivity contribution in [2.75, 3.05) is 11.9 Å². The molecule has 2 aromatic heterocycles. The molecule has 7 nitrogen and oxygen atoms in total. The molecule has 0 fully saturated rings. The Bertz CT molecular complexity index is 718. The van der Waals surface area contributed by atoms with Gasteiger partial charge < -0.3 is 5.32 Å². The minimum atomic E-state index is -3.66. The second kappa shape index (κ2) is 6.59. The Hall–Kier alpha value is -2.06. The molecule has 0 aromatic carbocycles. The van der Waals surface area contributed by atoms with Gasteiger partial charge in [-0.05, 0) is 32.0 Å². The molecule has 0 spiro atoms. The summed E-state index contributed by atoms with van der Waals surface area (Å²) in [4.78, 5) is 12.3. The van der Waals surface area contributed by atoms with Gasteiger partial charge in [0.25, 0.3) is 0 Å². The summed E-state index contributed by atoms with van der Waals surface area (Å²) in [5.41, 5.74) is 0.611. The lowest BCUT2D eigenvalue weighted by Crippen LogP contribution is -2.25. The van der Waals surface area contributed by atoms with Gasteiger partial charge in [0, 0.05) is 18.9 Å². The molecule has 21 heavy (non-hydrogen) atoms. The van der Waals surface area contributed by atoms with Crippen LogP contribution in [0.25, 0.3) is 0 Å². The molecule has 2 aromatic rings. The molecule has 0 atom stereocenters. The number of rotatable bonds is 6. The topological polar surface area (TPSA) is 96.9 Å². The van der Waals surface area contributed by atoms with Crippen LogP contribution in [0.1, 0.15) is 18.4 Å². The van der Waals surface area contributed by atoms with Gasteiger partial charge in [0.2, 0.25) is 10.0 Å². The van der Waals surface area contributed by atoms with Gasteiger partial charge in [-0.15, -0.1) is 0 Å². The third-order valence-electron chi connectivity index (χ3n) is 2.68. The van der Waals surface area contributed by atoms with E-state index in [1.165, 1.54) is 6.07 Å². The number of sulfonamides is 1. The Morgan fingerprint density at radius 2 is 2.00 bits per heavy atom. The van der Waals surface area contributed by atoms with Crippen molar-refractivity contribution >= 4 is 15.8 Å². The van der Waals surface area contributed by atoms with E-state index in [0.29, 0.717) is 23.9 Å². The second-order valence-corrected chi connectivity index (χ2v) is 6.04. The van der Waals surface area contributed by atoms with Gasteiger partial charge in [-0.1, -0.05) is 0 Å². The third-order valence-corrected chi connectivity index (χ3v) is 4.11. The number of hydrogen-bond acceptors (Lipinski definition) is 6. The molecule has 0 saturated carbocycles. The van der Waals surface area contributed by atoms with Gasteiger partial charge in [0.05, 0.1) is 12.2 Å². The van der Waals surface area contributed by atoms with E-state index in [9.17, 15) is 8.42 Å².